The Morgan fingerprint density at radius 2 is 2.15 bits per heavy atom. The molecule has 3 atom stereocenters. The van der Waals surface area contributed by atoms with E-state index in [1.54, 1.807) is 0 Å². The summed E-state index contributed by atoms with van der Waals surface area (Å²) in [5.41, 5.74) is 8.30. The fourth-order valence-electron chi connectivity index (χ4n) is 3.28. The van der Waals surface area contributed by atoms with E-state index in [-0.39, 0.29) is 24.0 Å². The maximum Gasteiger partial charge on any atom is 0.232 e. The average Bonchev–Trinajstić information content (AvgIpc) is 2.81. The van der Waals surface area contributed by atoms with Gasteiger partial charge in [0.05, 0.1) is 12.0 Å². The number of carbonyl (C=O) groups excluding carboxylic acids is 1. The standard InChI is InChI=1S/C16H22N2O2/c1-11-12(8-10-20-11)16(19)18-9-4-6-14(17)13-5-2-3-7-15(13)18/h2-3,5,7,11-12,14H,4,6,8-10,17H2,1H3. The summed E-state index contributed by atoms with van der Waals surface area (Å²) in [5, 5.41) is 0. The highest BCUT2D eigenvalue weighted by Gasteiger charge is 2.35. The maximum absolute atomic E-state index is 12.8. The van der Waals surface area contributed by atoms with E-state index < -0.39 is 0 Å². The van der Waals surface area contributed by atoms with Gasteiger partial charge in [-0.3, -0.25) is 4.79 Å². The number of nitrogens with zero attached hydrogens (tertiary/aromatic N) is 1. The summed E-state index contributed by atoms with van der Waals surface area (Å²) in [4.78, 5) is 14.8. The van der Waals surface area contributed by atoms with E-state index in [0.29, 0.717) is 6.61 Å². The van der Waals surface area contributed by atoms with Crippen LogP contribution < -0.4 is 10.6 Å². The van der Waals surface area contributed by atoms with E-state index in [2.05, 4.69) is 0 Å². The number of hydrogen-bond acceptors (Lipinski definition) is 3. The lowest BCUT2D eigenvalue weighted by atomic mass is 9.99. The second-order valence-electron chi connectivity index (χ2n) is 5.77. The number of benzene rings is 1. The number of rotatable bonds is 1. The Labute approximate surface area is 119 Å². The van der Waals surface area contributed by atoms with Crippen molar-refractivity contribution >= 4 is 11.6 Å². The van der Waals surface area contributed by atoms with E-state index in [1.165, 1.54) is 0 Å². The number of para-hydroxylation sites is 1. The second-order valence-corrected chi connectivity index (χ2v) is 5.77. The minimum atomic E-state index is -0.0163. The van der Waals surface area contributed by atoms with Gasteiger partial charge in [-0.1, -0.05) is 18.2 Å². The predicted molar refractivity (Wildman–Crippen MR) is 78.5 cm³/mol. The van der Waals surface area contributed by atoms with Crippen LogP contribution in [0.15, 0.2) is 24.3 Å². The van der Waals surface area contributed by atoms with Crippen LogP contribution in [-0.4, -0.2) is 25.2 Å². The van der Waals surface area contributed by atoms with Crippen LogP contribution in [-0.2, 0) is 9.53 Å². The summed E-state index contributed by atoms with van der Waals surface area (Å²) in [7, 11) is 0. The van der Waals surface area contributed by atoms with Crippen molar-refractivity contribution in [3.8, 4) is 0 Å². The molecule has 0 aliphatic carbocycles. The monoisotopic (exact) mass is 274 g/mol. The molecule has 20 heavy (non-hydrogen) atoms. The lowest BCUT2D eigenvalue weighted by Gasteiger charge is -2.27. The zero-order valence-electron chi connectivity index (χ0n) is 11.9. The Morgan fingerprint density at radius 1 is 1.35 bits per heavy atom. The van der Waals surface area contributed by atoms with E-state index in [9.17, 15) is 4.79 Å². The Morgan fingerprint density at radius 3 is 2.90 bits per heavy atom. The largest absolute Gasteiger partial charge is 0.378 e. The van der Waals surface area contributed by atoms with Crippen molar-refractivity contribution in [1.29, 1.82) is 0 Å². The first kappa shape index (κ1) is 13.6. The summed E-state index contributed by atoms with van der Waals surface area (Å²) < 4.78 is 5.55. The highest BCUT2D eigenvalue weighted by atomic mass is 16.5. The molecule has 1 amide bonds. The molecule has 2 N–H and O–H groups in total. The van der Waals surface area contributed by atoms with Gasteiger partial charge >= 0.3 is 0 Å². The zero-order valence-corrected chi connectivity index (χ0v) is 11.9. The molecular formula is C16H22N2O2. The SMILES string of the molecule is CC1OCCC1C(=O)N1CCCC(N)c2ccccc21. The molecule has 0 radical (unpaired) electrons. The quantitative estimate of drug-likeness (QED) is 0.854. The zero-order chi connectivity index (χ0) is 14.1. The molecule has 1 aromatic carbocycles. The molecule has 0 saturated carbocycles. The van der Waals surface area contributed by atoms with Crippen molar-refractivity contribution in [3.05, 3.63) is 29.8 Å². The number of carbonyl (C=O) groups is 1. The molecule has 3 unspecified atom stereocenters. The predicted octanol–water partition coefficient (Wildman–Crippen LogP) is 2.24. The van der Waals surface area contributed by atoms with Crippen LogP contribution >= 0.6 is 0 Å². The second kappa shape index (κ2) is 5.54. The fraction of sp³-hybridized carbons (Fsp3) is 0.562. The molecule has 108 valence electrons. The topological polar surface area (TPSA) is 55.6 Å². The highest BCUT2D eigenvalue weighted by molar-refractivity contribution is 5.96. The molecule has 2 aliphatic heterocycles. The molecule has 4 heteroatoms. The summed E-state index contributed by atoms with van der Waals surface area (Å²) >= 11 is 0. The Kier molecular flexibility index (Phi) is 3.76. The van der Waals surface area contributed by atoms with Gasteiger partial charge < -0.3 is 15.4 Å². The van der Waals surface area contributed by atoms with E-state index in [0.717, 1.165) is 37.1 Å². The molecule has 2 heterocycles. The van der Waals surface area contributed by atoms with Gasteiger partial charge in [0.1, 0.15) is 0 Å². The molecular weight excluding hydrogens is 252 g/mol. The lowest BCUT2D eigenvalue weighted by molar-refractivity contribution is -0.123. The van der Waals surface area contributed by atoms with Crippen molar-refractivity contribution in [2.75, 3.05) is 18.1 Å². The number of amides is 1. The fourth-order valence-corrected chi connectivity index (χ4v) is 3.28. The summed E-state index contributed by atoms with van der Waals surface area (Å²) in [6.07, 6.45) is 2.72. The summed E-state index contributed by atoms with van der Waals surface area (Å²) in [6, 6.07) is 8.06. The highest BCUT2D eigenvalue weighted by Crippen LogP contribution is 2.34. The van der Waals surface area contributed by atoms with Crippen LogP contribution in [0.1, 0.15) is 37.8 Å². The number of ether oxygens (including phenoxy) is 1. The molecule has 0 aromatic heterocycles. The number of fused-ring (bicyclic) bond motifs is 1. The summed E-state index contributed by atoms with van der Waals surface area (Å²) in [6.45, 7) is 3.43. The van der Waals surface area contributed by atoms with E-state index in [4.69, 9.17) is 10.5 Å². The normalized spacial score (nSPS) is 29.9. The molecule has 4 nitrogen and oxygen atoms in total. The van der Waals surface area contributed by atoms with Gasteiger partial charge in [0.25, 0.3) is 0 Å². The van der Waals surface area contributed by atoms with Crippen LogP contribution in [0.25, 0.3) is 0 Å². The third-order valence-electron chi connectivity index (χ3n) is 4.48. The molecule has 1 fully saturated rings. The van der Waals surface area contributed by atoms with E-state index >= 15 is 0 Å². The van der Waals surface area contributed by atoms with Gasteiger partial charge in [-0.15, -0.1) is 0 Å². The van der Waals surface area contributed by atoms with Crippen molar-refractivity contribution in [2.45, 2.75) is 38.3 Å². The first-order valence-electron chi connectivity index (χ1n) is 7.46. The first-order valence-corrected chi connectivity index (χ1v) is 7.46. The minimum Gasteiger partial charge on any atom is -0.378 e. The van der Waals surface area contributed by atoms with Crippen LogP contribution in [0.4, 0.5) is 5.69 Å². The Bertz CT molecular complexity index is 503. The van der Waals surface area contributed by atoms with Crippen molar-refractivity contribution in [3.63, 3.8) is 0 Å². The molecule has 1 aromatic rings. The van der Waals surface area contributed by atoms with Crippen LogP contribution in [0.3, 0.4) is 0 Å². The van der Waals surface area contributed by atoms with Gasteiger partial charge in [0.15, 0.2) is 0 Å². The van der Waals surface area contributed by atoms with Gasteiger partial charge in [-0.2, -0.15) is 0 Å². The van der Waals surface area contributed by atoms with Gasteiger partial charge in [0, 0.05) is 24.9 Å². The first-order chi connectivity index (χ1) is 9.68. The lowest BCUT2D eigenvalue weighted by Crippen LogP contribution is -2.39. The average molecular weight is 274 g/mol. The smallest absolute Gasteiger partial charge is 0.232 e. The van der Waals surface area contributed by atoms with Crippen molar-refractivity contribution in [1.82, 2.24) is 0 Å². The van der Waals surface area contributed by atoms with Gasteiger partial charge in [0.2, 0.25) is 5.91 Å². The van der Waals surface area contributed by atoms with Crippen LogP contribution in [0.2, 0.25) is 0 Å². The van der Waals surface area contributed by atoms with Crippen LogP contribution in [0, 0.1) is 5.92 Å². The molecule has 1 saturated heterocycles. The number of nitrogens with two attached hydrogens (primary N) is 1. The third kappa shape index (κ3) is 2.34. The Hall–Kier alpha value is -1.39. The summed E-state index contributed by atoms with van der Waals surface area (Å²) in [5.74, 6) is 0.175. The molecule has 0 spiro atoms. The molecule has 2 aliphatic rings. The van der Waals surface area contributed by atoms with Gasteiger partial charge in [-0.25, -0.2) is 0 Å². The van der Waals surface area contributed by atoms with Gasteiger partial charge in [-0.05, 0) is 37.8 Å². The van der Waals surface area contributed by atoms with Crippen LogP contribution in [0.5, 0.6) is 0 Å². The maximum atomic E-state index is 12.8. The van der Waals surface area contributed by atoms with E-state index in [1.807, 2.05) is 36.1 Å². The van der Waals surface area contributed by atoms with Crippen molar-refractivity contribution < 1.29 is 9.53 Å². The molecule has 0 bridgehead atoms. The Balaban J connectivity index is 1.93. The molecule has 3 rings (SSSR count). The minimum absolute atomic E-state index is 0.0163. The number of hydrogen-bond donors (Lipinski definition) is 1. The van der Waals surface area contributed by atoms with Crippen molar-refractivity contribution in [2.24, 2.45) is 11.7 Å². The number of anilines is 1. The third-order valence-corrected chi connectivity index (χ3v) is 4.48.